The van der Waals surface area contributed by atoms with Crippen molar-refractivity contribution in [1.82, 2.24) is 9.97 Å². The van der Waals surface area contributed by atoms with Crippen LogP contribution in [0.3, 0.4) is 0 Å². The van der Waals surface area contributed by atoms with Gasteiger partial charge in [-0.05, 0) is 0 Å². The van der Waals surface area contributed by atoms with Gasteiger partial charge in [0.15, 0.2) is 0 Å². The van der Waals surface area contributed by atoms with Gasteiger partial charge in [0.1, 0.15) is 0 Å². The van der Waals surface area contributed by atoms with Crippen LogP contribution in [-0.4, -0.2) is 30.2 Å². The topological polar surface area (TPSA) is 103 Å². The number of nitroso groups, excluding NO2 is 1. The highest BCUT2D eigenvalue weighted by Gasteiger charge is 2.08. The summed E-state index contributed by atoms with van der Waals surface area (Å²) in [7, 11) is 2.79. The number of carbonyl (C=O) groups is 1. The monoisotopic (exact) mass is 212 g/mol. The van der Waals surface area contributed by atoms with Crippen LogP contribution < -0.4 is 14.8 Å². The lowest BCUT2D eigenvalue weighted by molar-refractivity contribution is 0.259. The minimum Gasteiger partial charge on any atom is -0.481 e. The molecule has 0 saturated heterocycles. The summed E-state index contributed by atoms with van der Waals surface area (Å²) in [5, 5.41) is 4.17. The standard InChI is InChI=1S/C7H8N4O4/c1-14-4-3-5(15-2)9-6(8-4)10-7(12)11-13/h3H,1-2H3,(H,8,9,10,12). The normalized spacial score (nSPS) is 9.20. The molecule has 1 aromatic heterocycles. The first-order valence-electron chi connectivity index (χ1n) is 3.81. The van der Waals surface area contributed by atoms with E-state index in [1.807, 2.05) is 5.32 Å². The van der Waals surface area contributed by atoms with Crippen LogP contribution in [0.15, 0.2) is 11.2 Å². The van der Waals surface area contributed by atoms with E-state index in [1.54, 1.807) is 0 Å². The third-order valence-electron chi connectivity index (χ3n) is 1.40. The molecule has 1 aromatic rings. The molecule has 0 aliphatic carbocycles. The number of ether oxygens (including phenoxy) is 2. The number of nitrogens with one attached hydrogen (secondary N) is 1. The minimum atomic E-state index is -1.09. The number of nitrogens with zero attached hydrogens (tertiary/aromatic N) is 3. The van der Waals surface area contributed by atoms with E-state index in [9.17, 15) is 9.70 Å². The summed E-state index contributed by atoms with van der Waals surface area (Å²) < 4.78 is 9.64. The van der Waals surface area contributed by atoms with Crippen molar-refractivity contribution in [2.45, 2.75) is 0 Å². The SMILES string of the molecule is COc1cc(OC)nc(NC(=O)N=O)n1. The first kappa shape index (κ1) is 10.8. The Balaban J connectivity index is 2.96. The average Bonchev–Trinajstić information content (AvgIpc) is 2.28. The van der Waals surface area contributed by atoms with E-state index < -0.39 is 6.03 Å². The number of amides is 2. The molecule has 0 radical (unpaired) electrons. The Kier molecular flexibility index (Phi) is 3.49. The van der Waals surface area contributed by atoms with Crippen LogP contribution in [0.2, 0.25) is 0 Å². The van der Waals surface area contributed by atoms with Gasteiger partial charge < -0.3 is 9.47 Å². The summed E-state index contributed by atoms with van der Waals surface area (Å²) in [5.74, 6) is 0.280. The molecular formula is C7H8N4O4. The van der Waals surface area contributed by atoms with E-state index in [1.165, 1.54) is 20.3 Å². The van der Waals surface area contributed by atoms with Crippen LogP contribution in [0, 0.1) is 4.91 Å². The fourth-order valence-electron chi connectivity index (χ4n) is 0.787. The van der Waals surface area contributed by atoms with Crippen LogP contribution in [0.25, 0.3) is 0 Å². The Morgan fingerprint density at radius 1 is 1.33 bits per heavy atom. The lowest BCUT2D eigenvalue weighted by atomic mass is 10.6. The zero-order valence-corrected chi connectivity index (χ0v) is 8.05. The van der Waals surface area contributed by atoms with E-state index >= 15 is 0 Å². The molecule has 8 nitrogen and oxygen atoms in total. The Labute approximate surface area is 84.6 Å². The molecule has 0 fully saturated rings. The van der Waals surface area contributed by atoms with E-state index in [2.05, 4.69) is 15.1 Å². The molecule has 0 aliphatic rings. The van der Waals surface area contributed by atoms with Crippen molar-refractivity contribution in [3.8, 4) is 11.8 Å². The fraction of sp³-hybridized carbons (Fsp3) is 0.286. The molecule has 8 heteroatoms. The first-order chi connectivity index (χ1) is 7.19. The molecule has 1 N–H and O–H groups in total. The lowest BCUT2D eigenvalue weighted by Crippen LogP contribution is -2.09. The van der Waals surface area contributed by atoms with E-state index in [0.717, 1.165) is 0 Å². The minimum absolute atomic E-state index is 0.115. The molecule has 0 aromatic carbocycles. The molecule has 1 rings (SSSR count). The highest BCUT2D eigenvalue weighted by atomic mass is 16.5. The van der Waals surface area contributed by atoms with Gasteiger partial charge >= 0.3 is 6.03 Å². The second-order valence-corrected chi connectivity index (χ2v) is 2.30. The summed E-state index contributed by atoms with van der Waals surface area (Å²) in [6, 6.07) is 0.328. The fourth-order valence-corrected chi connectivity index (χ4v) is 0.787. The van der Waals surface area contributed by atoms with Crippen LogP contribution in [0.5, 0.6) is 11.8 Å². The van der Waals surface area contributed by atoms with Gasteiger partial charge in [0, 0.05) is 5.18 Å². The number of urea groups is 1. The van der Waals surface area contributed by atoms with Gasteiger partial charge in [0.05, 0.1) is 20.3 Å². The number of rotatable bonds is 3. The second-order valence-electron chi connectivity index (χ2n) is 2.30. The molecule has 0 saturated carbocycles. The van der Waals surface area contributed by atoms with Crippen LogP contribution in [0.4, 0.5) is 10.7 Å². The van der Waals surface area contributed by atoms with E-state index in [4.69, 9.17) is 9.47 Å². The molecule has 80 valence electrons. The number of hydrogen-bond acceptors (Lipinski definition) is 6. The largest absolute Gasteiger partial charge is 0.481 e. The Morgan fingerprint density at radius 3 is 2.27 bits per heavy atom. The second kappa shape index (κ2) is 4.84. The van der Waals surface area contributed by atoms with Gasteiger partial charge in [-0.25, -0.2) is 4.79 Å². The zero-order chi connectivity index (χ0) is 11.3. The van der Waals surface area contributed by atoms with Crippen molar-refractivity contribution in [3.63, 3.8) is 0 Å². The maximum absolute atomic E-state index is 10.6. The van der Waals surface area contributed by atoms with Gasteiger partial charge in [-0.2, -0.15) is 9.97 Å². The maximum Gasteiger partial charge on any atom is 0.385 e. The molecule has 0 aliphatic heterocycles. The number of aromatic nitrogens is 2. The van der Waals surface area contributed by atoms with Crippen LogP contribution in [0.1, 0.15) is 0 Å². The Morgan fingerprint density at radius 2 is 1.87 bits per heavy atom. The van der Waals surface area contributed by atoms with Gasteiger partial charge in [0.25, 0.3) is 0 Å². The van der Waals surface area contributed by atoms with Gasteiger partial charge in [-0.1, -0.05) is 0 Å². The summed E-state index contributed by atoms with van der Waals surface area (Å²) >= 11 is 0. The Bertz CT molecular complexity index is 359. The molecule has 0 atom stereocenters. The van der Waals surface area contributed by atoms with Crippen molar-refractivity contribution in [2.24, 2.45) is 5.18 Å². The van der Waals surface area contributed by atoms with E-state index in [0.29, 0.717) is 0 Å². The van der Waals surface area contributed by atoms with Gasteiger partial charge in [-0.15, -0.1) is 4.91 Å². The van der Waals surface area contributed by atoms with Crippen molar-refractivity contribution in [1.29, 1.82) is 0 Å². The van der Waals surface area contributed by atoms with Crippen LogP contribution in [-0.2, 0) is 0 Å². The van der Waals surface area contributed by atoms with Crippen molar-refractivity contribution >= 4 is 12.0 Å². The number of hydrogen-bond donors (Lipinski definition) is 1. The zero-order valence-electron chi connectivity index (χ0n) is 8.05. The number of methoxy groups -OCH3 is 2. The molecule has 15 heavy (non-hydrogen) atoms. The van der Waals surface area contributed by atoms with Gasteiger partial charge in [-0.3, -0.25) is 5.32 Å². The summed E-state index contributed by atoms with van der Waals surface area (Å²) in [5.41, 5.74) is 0. The smallest absolute Gasteiger partial charge is 0.385 e. The van der Waals surface area contributed by atoms with Crippen LogP contribution >= 0.6 is 0 Å². The molecule has 0 spiro atoms. The summed E-state index contributed by atoms with van der Waals surface area (Å²) in [6.07, 6.45) is 0. The highest BCUT2D eigenvalue weighted by Crippen LogP contribution is 2.17. The quantitative estimate of drug-likeness (QED) is 0.743. The number of anilines is 1. The van der Waals surface area contributed by atoms with Gasteiger partial charge in [0.2, 0.25) is 17.7 Å². The third-order valence-corrected chi connectivity index (χ3v) is 1.40. The Hall–Kier alpha value is -2.25. The maximum atomic E-state index is 10.6. The van der Waals surface area contributed by atoms with Crippen molar-refractivity contribution in [2.75, 3.05) is 19.5 Å². The highest BCUT2D eigenvalue weighted by molar-refractivity contribution is 5.87. The molecule has 0 unspecified atom stereocenters. The lowest BCUT2D eigenvalue weighted by Gasteiger charge is -2.04. The first-order valence-corrected chi connectivity index (χ1v) is 3.81. The molecule has 2 amide bonds. The predicted molar refractivity (Wildman–Crippen MR) is 49.9 cm³/mol. The predicted octanol–water partition coefficient (Wildman–Crippen LogP) is 0.792. The van der Waals surface area contributed by atoms with E-state index in [-0.39, 0.29) is 17.7 Å². The molecule has 1 heterocycles. The van der Waals surface area contributed by atoms with Crippen molar-refractivity contribution in [3.05, 3.63) is 11.0 Å². The third kappa shape index (κ3) is 2.86. The number of carbonyl (C=O) groups excluding carboxylic acids is 1. The van der Waals surface area contributed by atoms with Crippen molar-refractivity contribution < 1.29 is 14.3 Å². The summed E-state index contributed by atoms with van der Waals surface area (Å²) in [4.78, 5) is 28.0. The molecule has 0 bridgehead atoms. The average molecular weight is 212 g/mol. The summed E-state index contributed by atoms with van der Waals surface area (Å²) in [6.45, 7) is 0. The molecular weight excluding hydrogens is 204 g/mol.